The van der Waals surface area contributed by atoms with Crippen molar-refractivity contribution in [1.82, 2.24) is 0 Å². The topological polar surface area (TPSA) is 0 Å². The van der Waals surface area contributed by atoms with Gasteiger partial charge in [-0.2, -0.15) is 0 Å². The second-order valence-corrected chi connectivity index (χ2v) is 8.44. The Hall–Kier alpha value is -3.42. The Bertz CT molecular complexity index is 1490. The van der Waals surface area contributed by atoms with Gasteiger partial charge >= 0.3 is 0 Å². The molecule has 0 aliphatic rings. The lowest BCUT2D eigenvalue weighted by atomic mass is 9.97. The summed E-state index contributed by atoms with van der Waals surface area (Å²) in [5.41, 5.74) is 3.93. The third-order valence-corrected chi connectivity index (χ3v) is 6.90. The molecular weight excluding hydrogens is 368 g/mol. The summed E-state index contributed by atoms with van der Waals surface area (Å²) in [5.74, 6) is 0. The van der Waals surface area contributed by atoms with Crippen LogP contribution in [-0.4, -0.2) is 0 Å². The molecule has 1 aromatic heterocycles. The van der Waals surface area contributed by atoms with Crippen LogP contribution in [0, 0.1) is 0 Å². The van der Waals surface area contributed by atoms with E-state index in [0.29, 0.717) is 0 Å². The summed E-state index contributed by atoms with van der Waals surface area (Å²) in [7, 11) is 0. The molecule has 0 spiro atoms. The van der Waals surface area contributed by atoms with Gasteiger partial charge in [0, 0.05) is 15.1 Å². The van der Waals surface area contributed by atoms with Crippen LogP contribution in [0.3, 0.4) is 0 Å². The van der Waals surface area contributed by atoms with Crippen molar-refractivity contribution in [3.05, 3.63) is 109 Å². The molecule has 1 heteroatoms. The van der Waals surface area contributed by atoms with Crippen molar-refractivity contribution in [2.75, 3.05) is 0 Å². The Labute approximate surface area is 173 Å². The minimum absolute atomic E-state index is 1.29. The molecule has 0 nitrogen and oxygen atoms in total. The van der Waals surface area contributed by atoms with E-state index >= 15 is 0 Å². The first-order valence-corrected chi connectivity index (χ1v) is 10.7. The van der Waals surface area contributed by atoms with E-state index < -0.39 is 0 Å². The quantitative estimate of drug-likeness (QED) is 0.280. The van der Waals surface area contributed by atoms with Crippen LogP contribution in [-0.2, 0) is 0 Å². The number of fused-ring (bicyclic) bond motifs is 3. The maximum absolute atomic E-state index is 2.34. The molecule has 0 saturated heterocycles. The van der Waals surface area contributed by atoms with Gasteiger partial charge in [0.15, 0.2) is 0 Å². The van der Waals surface area contributed by atoms with Crippen LogP contribution in [0.1, 0.15) is 0 Å². The Morgan fingerprint density at radius 2 is 0.931 bits per heavy atom. The van der Waals surface area contributed by atoms with Gasteiger partial charge in [-0.15, -0.1) is 11.3 Å². The van der Waals surface area contributed by atoms with E-state index in [1.165, 1.54) is 53.2 Å². The lowest BCUT2D eigenvalue weighted by molar-refractivity contribution is 1.71. The number of benzene rings is 5. The van der Waals surface area contributed by atoms with E-state index in [1.54, 1.807) is 0 Å². The first-order chi connectivity index (χ1) is 14.4. The van der Waals surface area contributed by atoms with Gasteiger partial charge in [0.25, 0.3) is 0 Å². The van der Waals surface area contributed by atoms with Gasteiger partial charge in [0.2, 0.25) is 0 Å². The number of rotatable bonds is 2. The van der Waals surface area contributed by atoms with Crippen LogP contribution in [0.4, 0.5) is 0 Å². The summed E-state index contributed by atoms with van der Waals surface area (Å²) in [4.78, 5) is 1.32. The summed E-state index contributed by atoms with van der Waals surface area (Å²) < 4.78 is 1.35. The monoisotopic (exact) mass is 386 g/mol. The highest BCUT2D eigenvalue weighted by Crippen LogP contribution is 2.42. The minimum Gasteiger partial charge on any atom is -0.135 e. The van der Waals surface area contributed by atoms with Crippen molar-refractivity contribution in [2.45, 2.75) is 0 Å². The normalized spacial score (nSPS) is 11.4. The number of hydrogen-bond acceptors (Lipinski definition) is 1. The second kappa shape index (κ2) is 6.58. The number of thiophene rings is 1. The maximum Gasteiger partial charge on any atom is 0.0428 e. The lowest BCUT2D eigenvalue weighted by Gasteiger charge is -2.08. The molecule has 136 valence electrons. The molecule has 1 heterocycles. The van der Waals surface area contributed by atoms with E-state index in [-0.39, 0.29) is 0 Å². The Kier molecular flexibility index (Phi) is 3.75. The Balaban J connectivity index is 1.62. The highest BCUT2D eigenvalue weighted by Gasteiger charge is 2.12. The zero-order valence-electron chi connectivity index (χ0n) is 15.8. The molecule has 0 fully saturated rings. The third-order valence-electron chi connectivity index (χ3n) is 5.68. The fraction of sp³-hybridized carbons (Fsp3) is 0. The average Bonchev–Trinajstić information content (AvgIpc) is 3.22. The molecule has 0 unspecified atom stereocenters. The van der Waals surface area contributed by atoms with Crippen LogP contribution in [0.15, 0.2) is 109 Å². The van der Waals surface area contributed by atoms with Crippen molar-refractivity contribution >= 4 is 43.0 Å². The maximum atomic E-state index is 2.34. The summed E-state index contributed by atoms with van der Waals surface area (Å²) in [6.07, 6.45) is 0. The van der Waals surface area contributed by atoms with Gasteiger partial charge in [0.1, 0.15) is 0 Å². The zero-order chi connectivity index (χ0) is 19.2. The van der Waals surface area contributed by atoms with Gasteiger partial charge in [-0.05, 0) is 44.1 Å². The second-order valence-electron chi connectivity index (χ2n) is 7.39. The van der Waals surface area contributed by atoms with Crippen molar-refractivity contribution in [1.29, 1.82) is 0 Å². The van der Waals surface area contributed by atoms with Crippen molar-refractivity contribution in [3.63, 3.8) is 0 Å². The van der Waals surface area contributed by atoms with Gasteiger partial charge in [0.05, 0.1) is 0 Å². The Morgan fingerprint density at radius 1 is 0.414 bits per heavy atom. The molecule has 0 N–H and O–H groups in total. The molecular formula is C28H18S. The van der Waals surface area contributed by atoms with Crippen LogP contribution in [0.25, 0.3) is 53.2 Å². The largest absolute Gasteiger partial charge is 0.135 e. The summed E-state index contributed by atoms with van der Waals surface area (Å²) >= 11 is 1.90. The molecule has 0 bridgehead atoms. The molecule has 6 aromatic rings. The van der Waals surface area contributed by atoms with Crippen LogP contribution in [0.2, 0.25) is 0 Å². The molecule has 0 radical (unpaired) electrons. The predicted molar refractivity (Wildman–Crippen MR) is 128 cm³/mol. The van der Waals surface area contributed by atoms with E-state index in [2.05, 4.69) is 109 Å². The fourth-order valence-corrected chi connectivity index (χ4v) is 5.54. The highest BCUT2D eigenvalue weighted by molar-refractivity contribution is 7.22. The third kappa shape index (κ3) is 2.66. The minimum atomic E-state index is 1.29. The molecule has 0 aliphatic carbocycles. The highest BCUT2D eigenvalue weighted by atomic mass is 32.1. The van der Waals surface area contributed by atoms with Gasteiger partial charge in [-0.25, -0.2) is 0 Å². The van der Waals surface area contributed by atoms with E-state index in [4.69, 9.17) is 0 Å². The standard InChI is InChI=1S/C28H18S/c1-3-13-22-19(8-1)10-5-15-24(22)26-17-7-12-21-18-27(29-28(21)26)25-16-6-11-20-9-2-4-14-23(20)25/h1-18H. The molecule has 0 saturated carbocycles. The SMILES string of the molecule is c1ccc2c(-c3cc4cccc(-c5cccc6ccccc56)c4s3)cccc2c1. The lowest BCUT2D eigenvalue weighted by Crippen LogP contribution is -1.81. The average molecular weight is 387 g/mol. The molecule has 0 amide bonds. The van der Waals surface area contributed by atoms with Crippen molar-refractivity contribution < 1.29 is 0 Å². The molecule has 29 heavy (non-hydrogen) atoms. The van der Waals surface area contributed by atoms with Gasteiger partial charge in [-0.1, -0.05) is 103 Å². The fourth-order valence-electron chi connectivity index (χ4n) is 4.31. The van der Waals surface area contributed by atoms with Crippen LogP contribution in [0.5, 0.6) is 0 Å². The molecule has 5 aromatic carbocycles. The summed E-state index contributed by atoms with van der Waals surface area (Å²) in [6, 6.07) is 39.5. The van der Waals surface area contributed by atoms with Crippen molar-refractivity contribution in [3.8, 4) is 21.6 Å². The van der Waals surface area contributed by atoms with Gasteiger partial charge < -0.3 is 0 Å². The summed E-state index contributed by atoms with van der Waals surface area (Å²) in [5, 5.41) is 6.50. The smallest absolute Gasteiger partial charge is 0.0428 e. The van der Waals surface area contributed by atoms with E-state index in [1.807, 2.05) is 11.3 Å². The zero-order valence-corrected chi connectivity index (χ0v) is 16.6. The van der Waals surface area contributed by atoms with E-state index in [0.717, 1.165) is 0 Å². The van der Waals surface area contributed by atoms with Crippen LogP contribution >= 0.6 is 11.3 Å². The molecule has 0 atom stereocenters. The first-order valence-electron chi connectivity index (χ1n) is 9.87. The molecule has 6 rings (SSSR count). The Morgan fingerprint density at radius 3 is 1.66 bits per heavy atom. The predicted octanol–water partition coefficient (Wildman–Crippen LogP) is 8.54. The van der Waals surface area contributed by atoms with Crippen molar-refractivity contribution in [2.24, 2.45) is 0 Å². The summed E-state index contributed by atoms with van der Waals surface area (Å²) in [6.45, 7) is 0. The van der Waals surface area contributed by atoms with Gasteiger partial charge in [-0.3, -0.25) is 0 Å². The first kappa shape index (κ1) is 16.5. The molecule has 0 aliphatic heterocycles. The van der Waals surface area contributed by atoms with Crippen LogP contribution < -0.4 is 0 Å². The van der Waals surface area contributed by atoms with E-state index in [9.17, 15) is 0 Å². The number of hydrogen-bond donors (Lipinski definition) is 0.